The van der Waals surface area contributed by atoms with Crippen LogP contribution in [-0.4, -0.2) is 51.9 Å². The van der Waals surface area contributed by atoms with Crippen molar-refractivity contribution in [3.63, 3.8) is 0 Å². The van der Waals surface area contributed by atoms with E-state index in [1.165, 1.54) is 0 Å². The Balaban J connectivity index is 0.00000320. The highest BCUT2D eigenvalue weighted by Crippen LogP contribution is 2.52. The number of aliphatic hydroxyl groups excluding tert-OH is 1. The lowest BCUT2D eigenvalue weighted by molar-refractivity contribution is -0.120. The van der Waals surface area contributed by atoms with Crippen molar-refractivity contribution in [2.75, 3.05) is 18.5 Å². The topological polar surface area (TPSA) is 124 Å². The number of anilines is 1. The number of hydrogen-bond donors (Lipinski definition) is 5. The highest BCUT2D eigenvalue weighted by molar-refractivity contribution is 6.07. The van der Waals surface area contributed by atoms with Crippen molar-refractivity contribution in [3.05, 3.63) is 59.3 Å². The minimum Gasteiger partial charge on any atom is -0.490 e. The second kappa shape index (κ2) is 10.4. The molecule has 1 aliphatic heterocycles. The van der Waals surface area contributed by atoms with Gasteiger partial charge in [0.2, 0.25) is 5.91 Å². The van der Waals surface area contributed by atoms with E-state index in [9.17, 15) is 19.8 Å². The van der Waals surface area contributed by atoms with E-state index in [1.807, 2.05) is 44.3 Å². The number of aromatic nitrogens is 1. The second-order valence-corrected chi connectivity index (χ2v) is 10.7. The van der Waals surface area contributed by atoms with Crippen molar-refractivity contribution in [1.82, 2.24) is 10.3 Å². The third kappa shape index (κ3) is 5.06. The maximum Gasteiger partial charge on any atom is 0.336 e. The van der Waals surface area contributed by atoms with Crippen LogP contribution in [0.5, 0.6) is 5.75 Å². The molecule has 5 rings (SSSR count). The fraction of sp³-hybridized carbons (Fsp3) is 0.429. The Kier molecular flexibility index (Phi) is 7.55. The molecule has 0 unspecified atom stereocenters. The molecule has 1 amide bonds. The van der Waals surface area contributed by atoms with Gasteiger partial charge in [0.1, 0.15) is 18.5 Å². The van der Waals surface area contributed by atoms with Gasteiger partial charge in [-0.25, -0.2) is 4.79 Å². The van der Waals surface area contributed by atoms with Crippen LogP contribution >= 0.6 is 12.4 Å². The Labute approximate surface area is 222 Å². The number of β-amino-alcohol motifs (C(OH)–C–C–N with tert-alkyl or cyclic N) is 1. The summed E-state index contributed by atoms with van der Waals surface area (Å²) in [6.45, 7) is 4.44. The van der Waals surface area contributed by atoms with Gasteiger partial charge in [0.15, 0.2) is 0 Å². The maximum absolute atomic E-state index is 12.8. The molecule has 1 saturated carbocycles. The minimum atomic E-state index is -0.955. The number of amides is 1. The van der Waals surface area contributed by atoms with E-state index < -0.39 is 23.0 Å². The molecular formula is C28H34ClN3O5. The van der Waals surface area contributed by atoms with Gasteiger partial charge >= 0.3 is 5.97 Å². The Morgan fingerprint density at radius 1 is 1.19 bits per heavy atom. The largest absolute Gasteiger partial charge is 0.490 e. The lowest BCUT2D eigenvalue weighted by Gasteiger charge is -2.28. The average Bonchev–Trinajstić information content (AvgIpc) is 3.56. The molecule has 2 aromatic carbocycles. The number of carbonyl (C=O) groups excluding carboxylic acids is 1. The highest BCUT2D eigenvalue weighted by Gasteiger charge is 2.50. The molecule has 9 heteroatoms. The number of hydrogen-bond acceptors (Lipinski definition) is 5. The van der Waals surface area contributed by atoms with Gasteiger partial charge in [0, 0.05) is 40.4 Å². The number of H-pyrrole nitrogens is 1. The SMILES string of the molecule is CC(C)(Cc1c[nH]c2cccc(C(=O)O)c12)NC[C@H](O)COc1cccc2c1C1(CCCC1)C(=O)N2.Cl. The van der Waals surface area contributed by atoms with E-state index in [0.717, 1.165) is 48.0 Å². The van der Waals surface area contributed by atoms with Crippen LogP contribution in [0.25, 0.3) is 10.9 Å². The number of carboxylic acids is 1. The highest BCUT2D eigenvalue weighted by atomic mass is 35.5. The summed E-state index contributed by atoms with van der Waals surface area (Å²) in [5, 5.41) is 27.4. The molecule has 2 heterocycles. The normalized spacial score (nSPS) is 16.9. The van der Waals surface area contributed by atoms with Crippen LogP contribution in [0.1, 0.15) is 61.0 Å². The molecule has 1 atom stereocenters. The van der Waals surface area contributed by atoms with Crippen LogP contribution in [0.3, 0.4) is 0 Å². The van der Waals surface area contributed by atoms with Crippen molar-refractivity contribution in [2.45, 2.75) is 63.0 Å². The summed E-state index contributed by atoms with van der Waals surface area (Å²) in [4.78, 5) is 27.6. The number of nitrogens with one attached hydrogen (secondary N) is 3. The minimum absolute atomic E-state index is 0. The number of rotatable bonds is 9. The molecule has 0 bridgehead atoms. The molecule has 198 valence electrons. The standard InChI is InChI=1S/C28H33N3O5.ClH/c1-27(2,13-17-14-29-20-8-5-7-19(23(17)20)25(33)34)30-15-18(32)16-36-22-10-6-9-21-24(22)28(26(35)31-21)11-3-4-12-28;/h5-10,14,18,29-30,32H,3-4,11-13,15-16H2,1-2H3,(H,31,35)(H,33,34);1H/t18-;/m0./s1. The van der Waals surface area contributed by atoms with E-state index in [-0.39, 0.29) is 30.5 Å². The van der Waals surface area contributed by atoms with Gasteiger partial charge in [-0.2, -0.15) is 0 Å². The van der Waals surface area contributed by atoms with E-state index in [1.54, 1.807) is 12.1 Å². The number of halogens is 1. The fourth-order valence-electron chi connectivity index (χ4n) is 5.81. The van der Waals surface area contributed by atoms with Crippen LogP contribution < -0.4 is 15.4 Å². The van der Waals surface area contributed by atoms with Gasteiger partial charge < -0.3 is 30.6 Å². The van der Waals surface area contributed by atoms with Gasteiger partial charge in [-0.1, -0.05) is 25.0 Å². The molecule has 1 aliphatic carbocycles. The van der Waals surface area contributed by atoms with Gasteiger partial charge in [0.25, 0.3) is 0 Å². The van der Waals surface area contributed by atoms with Crippen LogP contribution in [0.2, 0.25) is 0 Å². The van der Waals surface area contributed by atoms with Crippen LogP contribution in [-0.2, 0) is 16.6 Å². The molecule has 8 nitrogen and oxygen atoms in total. The summed E-state index contributed by atoms with van der Waals surface area (Å²) in [7, 11) is 0. The lowest BCUT2D eigenvalue weighted by atomic mass is 9.79. The number of ether oxygens (including phenoxy) is 1. The zero-order valence-corrected chi connectivity index (χ0v) is 21.9. The van der Waals surface area contributed by atoms with Crippen molar-refractivity contribution >= 4 is 40.9 Å². The maximum atomic E-state index is 12.8. The van der Waals surface area contributed by atoms with E-state index >= 15 is 0 Å². The Morgan fingerprint density at radius 3 is 2.65 bits per heavy atom. The number of fused-ring (bicyclic) bond motifs is 3. The number of aromatic amines is 1. The summed E-state index contributed by atoms with van der Waals surface area (Å²) in [5.74, 6) is -0.243. The first-order valence-electron chi connectivity index (χ1n) is 12.5. The van der Waals surface area contributed by atoms with E-state index in [2.05, 4.69) is 15.6 Å². The molecule has 1 fully saturated rings. The van der Waals surface area contributed by atoms with Gasteiger partial charge in [-0.15, -0.1) is 12.4 Å². The van der Waals surface area contributed by atoms with E-state index in [4.69, 9.17) is 4.74 Å². The van der Waals surface area contributed by atoms with Gasteiger partial charge in [0.05, 0.1) is 11.0 Å². The molecule has 1 aromatic heterocycles. The first-order chi connectivity index (χ1) is 17.2. The summed E-state index contributed by atoms with van der Waals surface area (Å²) in [5.41, 5.74) is 2.80. The quantitative estimate of drug-likeness (QED) is 0.281. The smallest absolute Gasteiger partial charge is 0.336 e. The summed E-state index contributed by atoms with van der Waals surface area (Å²) >= 11 is 0. The lowest BCUT2D eigenvalue weighted by Crippen LogP contribution is -2.46. The summed E-state index contributed by atoms with van der Waals surface area (Å²) < 4.78 is 6.06. The Morgan fingerprint density at radius 2 is 1.92 bits per heavy atom. The third-order valence-corrected chi connectivity index (χ3v) is 7.54. The average molecular weight is 528 g/mol. The summed E-state index contributed by atoms with van der Waals surface area (Å²) in [6.07, 6.45) is 5.35. The number of benzene rings is 2. The number of aromatic carboxylic acids is 1. The fourth-order valence-corrected chi connectivity index (χ4v) is 5.81. The van der Waals surface area contributed by atoms with Crippen LogP contribution in [0.15, 0.2) is 42.6 Å². The molecule has 5 N–H and O–H groups in total. The first-order valence-corrected chi connectivity index (χ1v) is 12.5. The molecular weight excluding hydrogens is 494 g/mol. The monoisotopic (exact) mass is 527 g/mol. The molecule has 0 saturated heterocycles. The number of carbonyl (C=O) groups is 2. The predicted molar refractivity (Wildman–Crippen MR) is 145 cm³/mol. The zero-order chi connectivity index (χ0) is 25.5. The first kappa shape index (κ1) is 27.0. The molecule has 3 aromatic rings. The number of aliphatic hydroxyl groups is 1. The van der Waals surface area contributed by atoms with Crippen LogP contribution in [0, 0.1) is 0 Å². The third-order valence-electron chi connectivity index (χ3n) is 7.54. The molecule has 0 radical (unpaired) electrons. The van der Waals surface area contributed by atoms with Gasteiger partial charge in [-0.3, -0.25) is 4.79 Å². The Bertz CT molecular complexity index is 1310. The molecule has 2 aliphatic rings. The summed E-state index contributed by atoms with van der Waals surface area (Å²) in [6, 6.07) is 10.9. The van der Waals surface area contributed by atoms with E-state index in [0.29, 0.717) is 24.1 Å². The Hall–Kier alpha value is -3.07. The van der Waals surface area contributed by atoms with Crippen molar-refractivity contribution in [1.29, 1.82) is 0 Å². The second-order valence-electron chi connectivity index (χ2n) is 10.7. The predicted octanol–water partition coefficient (Wildman–Crippen LogP) is 4.40. The zero-order valence-electron chi connectivity index (χ0n) is 21.1. The van der Waals surface area contributed by atoms with Crippen LogP contribution in [0.4, 0.5) is 5.69 Å². The molecule has 37 heavy (non-hydrogen) atoms. The number of carboxylic acid groups (broad SMARTS) is 1. The van der Waals surface area contributed by atoms with Crippen molar-refractivity contribution in [2.24, 2.45) is 0 Å². The van der Waals surface area contributed by atoms with Crippen molar-refractivity contribution < 1.29 is 24.5 Å². The van der Waals surface area contributed by atoms with Gasteiger partial charge in [-0.05, 0) is 62.9 Å². The molecule has 1 spiro atoms. The van der Waals surface area contributed by atoms with Crippen molar-refractivity contribution in [3.8, 4) is 5.75 Å².